The van der Waals surface area contributed by atoms with E-state index < -0.39 is 21.6 Å². The van der Waals surface area contributed by atoms with Crippen LogP contribution in [0.2, 0.25) is 0 Å². The molecular formula is C8H8FNO3S. The van der Waals surface area contributed by atoms with Crippen molar-refractivity contribution in [3.63, 3.8) is 0 Å². The lowest BCUT2D eigenvalue weighted by molar-refractivity contribution is 0.0996. The van der Waals surface area contributed by atoms with Crippen LogP contribution in [-0.4, -0.2) is 20.6 Å². The molecule has 0 atom stereocenters. The maximum absolute atomic E-state index is 13.1. The Balaban J connectivity index is 3.34. The standard InChI is InChI=1S/C8H8FNO3S/c1-14(12,13)5-2-3-6(8(10)11)7(9)4-5/h2-4H,1H3,(H2,10,11). The number of halogens is 1. The fourth-order valence-corrected chi connectivity index (χ4v) is 1.56. The molecule has 0 heterocycles. The van der Waals surface area contributed by atoms with Crippen molar-refractivity contribution in [3.8, 4) is 0 Å². The monoisotopic (exact) mass is 217 g/mol. The molecule has 76 valence electrons. The molecule has 0 saturated heterocycles. The summed E-state index contributed by atoms with van der Waals surface area (Å²) in [7, 11) is -3.46. The number of nitrogens with two attached hydrogens (primary N) is 1. The highest BCUT2D eigenvalue weighted by molar-refractivity contribution is 7.90. The van der Waals surface area contributed by atoms with E-state index in [0.29, 0.717) is 0 Å². The van der Waals surface area contributed by atoms with Gasteiger partial charge < -0.3 is 5.73 Å². The van der Waals surface area contributed by atoms with Gasteiger partial charge in [0.1, 0.15) is 5.82 Å². The van der Waals surface area contributed by atoms with Gasteiger partial charge in [-0.1, -0.05) is 0 Å². The second-order valence-corrected chi connectivity index (χ2v) is 4.79. The van der Waals surface area contributed by atoms with Crippen LogP contribution in [-0.2, 0) is 9.84 Å². The molecule has 0 aliphatic rings. The van der Waals surface area contributed by atoms with Crippen LogP contribution in [0.4, 0.5) is 4.39 Å². The topological polar surface area (TPSA) is 77.2 Å². The number of hydrogen-bond donors (Lipinski definition) is 1. The predicted octanol–water partition coefficient (Wildman–Crippen LogP) is 0.328. The van der Waals surface area contributed by atoms with Gasteiger partial charge in [-0.15, -0.1) is 0 Å². The molecule has 4 nitrogen and oxygen atoms in total. The molecule has 0 saturated carbocycles. The normalized spacial score (nSPS) is 11.3. The first kappa shape index (κ1) is 10.6. The minimum Gasteiger partial charge on any atom is -0.366 e. The lowest BCUT2D eigenvalue weighted by Gasteiger charge is -2.01. The Hall–Kier alpha value is -1.43. The third-order valence-corrected chi connectivity index (χ3v) is 2.74. The van der Waals surface area contributed by atoms with Gasteiger partial charge in [-0.3, -0.25) is 4.79 Å². The van der Waals surface area contributed by atoms with Gasteiger partial charge in [0.2, 0.25) is 0 Å². The first-order valence-corrected chi connectivity index (χ1v) is 5.51. The molecule has 0 unspecified atom stereocenters. The summed E-state index contributed by atoms with van der Waals surface area (Å²) in [6, 6.07) is 2.96. The van der Waals surface area contributed by atoms with Crippen molar-refractivity contribution in [2.45, 2.75) is 4.90 Å². The molecule has 14 heavy (non-hydrogen) atoms. The van der Waals surface area contributed by atoms with Crippen molar-refractivity contribution in [2.75, 3.05) is 6.26 Å². The van der Waals surface area contributed by atoms with Crippen LogP contribution in [0, 0.1) is 5.82 Å². The maximum atomic E-state index is 13.1. The molecule has 0 aromatic heterocycles. The van der Waals surface area contributed by atoms with E-state index in [1.807, 2.05) is 0 Å². The van der Waals surface area contributed by atoms with E-state index in [-0.39, 0.29) is 10.5 Å². The van der Waals surface area contributed by atoms with Gasteiger partial charge in [-0.05, 0) is 18.2 Å². The number of primary amides is 1. The van der Waals surface area contributed by atoms with Crippen molar-refractivity contribution < 1.29 is 17.6 Å². The molecule has 0 aliphatic heterocycles. The number of carbonyl (C=O) groups excluding carboxylic acids is 1. The van der Waals surface area contributed by atoms with Crippen molar-refractivity contribution in [1.82, 2.24) is 0 Å². The van der Waals surface area contributed by atoms with E-state index in [0.717, 1.165) is 24.5 Å². The molecule has 0 spiro atoms. The summed E-state index contributed by atoms with van der Waals surface area (Å²) in [6.45, 7) is 0. The van der Waals surface area contributed by atoms with Crippen LogP contribution in [0.3, 0.4) is 0 Å². The highest BCUT2D eigenvalue weighted by Crippen LogP contribution is 2.14. The Morgan fingerprint density at radius 3 is 2.36 bits per heavy atom. The fourth-order valence-electron chi connectivity index (χ4n) is 0.926. The fraction of sp³-hybridized carbons (Fsp3) is 0.125. The van der Waals surface area contributed by atoms with Gasteiger partial charge in [0.05, 0.1) is 10.5 Å². The van der Waals surface area contributed by atoms with Gasteiger partial charge >= 0.3 is 0 Å². The van der Waals surface area contributed by atoms with Crippen LogP contribution in [0.15, 0.2) is 23.1 Å². The molecule has 0 bridgehead atoms. The first-order valence-electron chi connectivity index (χ1n) is 3.62. The smallest absolute Gasteiger partial charge is 0.251 e. The maximum Gasteiger partial charge on any atom is 0.251 e. The lowest BCUT2D eigenvalue weighted by atomic mass is 10.2. The highest BCUT2D eigenvalue weighted by Gasteiger charge is 2.13. The van der Waals surface area contributed by atoms with Crippen LogP contribution in [0.25, 0.3) is 0 Å². The average molecular weight is 217 g/mol. The largest absolute Gasteiger partial charge is 0.366 e. The summed E-state index contributed by atoms with van der Waals surface area (Å²) in [5.74, 6) is -1.86. The third-order valence-electron chi connectivity index (χ3n) is 1.63. The molecule has 0 fully saturated rings. The van der Waals surface area contributed by atoms with Crippen LogP contribution < -0.4 is 5.73 Å². The Labute approximate surface area is 80.5 Å². The molecule has 1 aromatic carbocycles. The number of rotatable bonds is 2. The van der Waals surface area contributed by atoms with Crippen molar-refractivity contribution >= 4 is 15.7 Å². The summed E-state index contributed by atoms with van der Waals surface area (Å²) in [6.07, 6.45) is 0.950. The van der Waals surface area contributed by atoms with Crippen molar-refractivity contribution in [1.29, 1.82) is 0 Å². The lowest BCUT2D eigenvalue weighted by Crippen LogP contribution is -2.13. The number of sulfone groups is 1. The van der Waals surface area contributed by atoms with Crippen LogP contribution in [0.5, 0.6) is 0 Å². The quantitative estimate of drug-likeness (QED) is 0.775. The van der Waals surface area contributed by atoms with E-state index >= 15 is 0 Å². The Morgan fingerprint density at radius 1 is 1.43 bits per heavy atom. The second kappa shape index (κ2) is 3.38. The number of benzene rings is 1. The van der Waals surface area contributed by atoms with E-state index in [4.69, 9.17) is 5.73 Å². The minimum absolute atomic E-state index is 0.181. The molecular weight excluding hydrogens is 209 g/mol. The van der Waals surface area contributed by atoms with Gasteiger partial charge in [0.15, 0.2) is 9.84 Å². The van der Waals surface area contributed by atoms with E-state index in [1.165, 1.54) is 0 Å². The van der Waals surface area contributed by atoms with Gasteiger partial charge in [0, 0.05) is 6.26 Å². The van der Waals surface area contributed by atoms with Crippen LogP contribution in [0.1, 0.15) is 10.4 Å². The van der Waals surface area contributed by atoms with Crippen molar-refractivity contribution in [2.24, 2.45) is 5.73 Å². The summed E-state index contributed by atoms with van der Waals surface area (Å²) in [5.41, 5.74) is 4.52. The molecule has 1 aromatic rings. The summed E-state index contributed by atoms with van der Waals surface area (Å²) < 4.78 is 35.0. The molecule has 2 N–H and O–H groups in total. The summed E-state index contributed by atoms with van der Waals surface area (Å²) in [4.78, 5) is 10.4. The third kappa shape index (κ3) is 2.08. The number of amides is 1. The van der Waals surface area contributed by atoms with E-state index in [9.17, 15) is 17.6 Å². The summed E-state index contributed by atoms with van der Waals surface area (Å²) in [5, 5.41) is 0. The molecule has 1 amide bonds. The van der Waals surface area contributed by atoms with Gasteiger partial charge in [-0.2, -0.15) is 0 Å². The highest BCUT2D eigenvalue weighted by atomic mass is 32.2. The number of hydrogen-bond acceptors (Lipinski definition) is 3. The van der Waals surface area contributed by atoms with E-state index in [2.05, 4.69) is 0 Å². The number of carbonyl (C=O) groups is 1. The Kier molecular flexibility index (Phi) is 2.57. The zero-order valence-corrected chi connectivity index (χ0v) is 8.14. The molecule has 0 radical (unpaired) electrons. The molecule has 1 rings (SSSR count). The second-order valence-electron chi connectivity index (χ2n) is 2.78. The molecule has 6 heteroatoms. The SMILES string of the molecule is CS(=O)(=O)c1ccc(C(N)=O)c(F)c1. The zero-order chi connectivity index (χ0) is 10.9. The molecule has 0 aliphatic carbocycles. The predicted molar refractivity (Wildman–Crippen MR) is 48.0 cm³/mol. The Bertz CT molecular complexity index is 481. The summed E-state index contributed by atoms with van der Waals surface area (Å²) >= 11 is 0. The zero-order valence-electron chi connectivity index (χ0n) is 7.32. The van der Waals surface area contributed by atoms with Crippen molar-refractivity contribution in [3.05, 3.63) is 29.6 Å². The minimum atomic E-state index is -3.46. The van der Waals surface area contributed by atoms with Crippen LogP contribution >= 0.6 is 0 Å². The first-order chi connectivity index (χ1) is 6.32. The Morgan fingerprint density at radius 2 is 2.00 bits per heavy atom. The van der Waals surface area contributed by atoms with Gasteiger partial charge in [0.25, 0.3) is 5.91 Å². The van der Waals surface area contributed by atoms with Gasteiger partial charge in [-0.25, -0.2) is 12.8 Å². The average Bonchev–Trinajstić information content (AvgIpc) is 2.01. The van der Waals surface area contributed by atoms with E-state index in [1.54, 1.807) is 0 Å².